The maximum absolute atomic E-state index is 11.2. The van der Waals surface area contributed by atoms with Gasteiger partial charge in [-0.05, 0) is 44.3 Å². The van der Waals surface area contributed by atoms with Gasteiger partial charge in [0.05, 0.1) is 21.8 Å². The van der Waals surface area contributed by atoms with Crippen molar-refractivity contribution in [1.82, 2.24) is 10.3 Å². The zero-order chi connectivity index (χ0) is 13.8. The van der Waals surface area contributed by atoms with Gasteiger partial charge < -0.3 is 10.1 Å². The molecule has 19 heavy (non-hydrogen) atoms. The van der Waals surface area contributed by atoms with Gasteiger partial charge >= 0.3 is 6.09 Å². The van der Waals surface area contributed by atoms with Crippen LogP contribution in [0.5, 0.6) is 0 Å². The SMILES string of the molecule is CCOC(=O)NC(=S)Nc1ccc2sc(C)nc2c1. The van der Waals surface area contributed by atoms with Crippen LogP contribution in [0.15, 0.2) is 18.2 Å². The number of fused-ring (bicyclic) bond motifs is 1. The number of rotatable bonds is 2. The Morgan fingerprint density at radius 1 is 1.53 bits per heavy atom. The summed E-state index contributed by atoms with van der Waals surface area (Å²) in [5.74, 6) is 0. The molecular formula is C12H13N3O2S2. The van der Waals surface area contributed by atoms with Crippen LogP contribution in [0.2, 0.25) is 0 Å². The molecule has 100 valence electrons. The summed E-state index contributed by atoms with van der Waals surface area (Å²) in [6.45, 7) is 4.00. The third kappa shape index (κ3) is 3.62. The van der Waals surface area contributed by atoms with Gasteiger partial charge in [-0.2, -0.15) is 0 Å². The van der Waals surface area contributed by atoms with Crippen molar-refractivity contribution in [2.24, 2.45) is 0 Å². The van der Waals surface area contributed by atoms with Gasteiger partial charge in [0.15, 0.2) is 5.11 Å². The Labute approximate surface area is 120 Å². The van der Waals surface area contributed by atoms with Crippen molar-refractivity contribution in [3.63, 3.8) is 0 Å². The van der Waals surface area contributed by atoms with Crippen LogP contribution < -0.4 is 10.6 Å². The molecule has 2 aromatic rings. The third-order valence-corrected chi connectivity index (χ3v) is 3.40. The summed E-state index contributed by atoms with van der Waals surface area (Å²) in [5, 5.41) is 6.55. The number of alkyl carbamates (subject to hydrolysis) is 1. The maximum Gasteiger partial charge on any atom is 0.413 e. The van der Waals surface area contributed by atoms with E-state index in [2.05, 4.69) is 15.6 Å². The molecule has 5 nitrogen and oxygen atoms in total. The molecule has 0 radical (unpaired) electrons. The number of benzene rings is 1. The van der Waals surface area contributed by atoms with Crippen molar-refractivity contribution in [3.05, 3.63) is 23.2 Å². The van der Waals surface area contributed by atoms with Crippen molar-refractivity contribution in [2.45, 2.75) is 13.8 Å². The molecule has 1 amide bonds. The number of hydrogen-bond donors (Lipinski definition) is 2. The summed E-state index contributed by atoms with van der Waals surface area (Å²) in [5.41, 5.74) is 1.69. The molecular weight excluding hydrogens is 282 g/mol. The second-order valence-corrected chi connectivity index (χ2v) is 5.36. The van der Waals surface area contributed by atoms with Gasteiger partial charge in [-0.15, -0.1) is 11.3 Å². The highest BCUT2D eigenvalue weighted by Gasteiger charge is 2.06. The average Bonchev–Trinajstić information content (AvgIpc) is 2.68. The Kier molecular flexibility index (Phi) is 4.28. The fourth-order valence-corrected chi connectivity index (χ4v) is 2.55. The summed E-state index contributed by atoms with van der Waals surface area (Å²) < 4.78 is 5.85. The van der Waals surface area contributed by atoms with Crippen molar-refractivity contribution < 1.29 is 9.53 Å². The quantitative estimate of drug-likeness (QED) is 0.834. The van der Waals surface area contributed by atoms with Crippen LogP contribution in [0.1, 0.15) is 11.9 Å². The van der Waals surface area contributed by atoms with Gasteiger partial charge in [0.2, 0.25) is 0 Å². The number of ether oxygens (including phenoxy) is 1. The van der Waals surface area contributed by atoms with E-state index in [1.807, 2.05) is 25.1 Å². The van der Waals surface area contributed by atoms with Crippen molar-refractivity contribution in [3.8, 4) is 0 Å². The highest BCUT2D eigenvalue weighted by Crippen LogP contribution is 2.24. The molecule has 0 saturated heterocycles. The highest BCUT2D eigenvalue weighted by atomic mass is 32.1. The largest absolute Gasteiger partial charge is 0.450 e. The third-order valence-electron chi connectivity index (χ3n) is 2.24. The first-order chi connectivity index (χ1) is 9.08. The zero-order valence-electron chi connectivity index (χ0n) is 10.5. The topological polar surface area (TPSA) is 63.2 Å². The lowest BCUT2D eigenvalue weighted by Crippen LogP contribution is -2.34. The van der Waals surface area contributed by atoms with Crippen molar-refractivity contribution in [2.75, 3.05) is 11.9 Å². The van der Waals surface area contributed by atoms with E-state index in [0.717, 1.165) is 20.9 Å². The van der Waals surface area contributed by atoms with E-state index in [1.165, 1.54) is 0 Å². The fourth-order valence-electron chi connectivity index (χ4n) is 1.54. The van der Waals surface area contributed by atoms with Gasteiger partial charge in [0, 0.05) is 5.69 Å². The van der Waals surface area contributed by atoms with Crippen molar-refractivity contribution >= 4 is 50.7 Å². The lowest BCUT2D eigenvalue weighted by Gasteiger charge is -2.09. The maximum atomic E-state index is 11.2. The van der Waals surface area contributed by atoms with Gasteiger partial charge in [0.1, 0.15) is 0 Å². The second-order valence-electron chi connectivity index (χ2n) is 3.71. The van der Waals surface area contributed by atoms with E-state index in [0.29, 0.717) is 6.61 Å². The van der Waals surface area contributed by atoms with E-state index >= 15 is 0 Å². The molecule has 0 spiro atoms. The normalized spacial score (nSPS) is 10.2. The molecule has 0 fully saturated rings. The van der Waals surface area contributed by atoms with Gasteiger partial charge in [-0.3, -0.25) is 5.32 Å². The van der Waals surface area contributed by atoms with Crippen LogP contribution in [-0.4, -0.2) is 22.8 Å². The Balaban J connectivity index is 2.04. The molecule has 1 aromatic heterocycles. The molecule has 2 N–H and O–H groups in total. The number of carbonyl (C=O) groups excluding carboxylic acids is 1. The minimum atomic E-state index is -0.564. The highest BCUT2D eigenvalue weighted by molar-refractivity contribution is 7.80. The number of anilines is 1. The predicted octanol–water partition coefficient (Wildman–Crippen LogP) is 3.05. The van der Waals surface area contributed by atoms with Crippen molar-refractivity contribution in [1.29, 1.82) is 0 Å². The molecule has 1 heterocycles. The monoisotopic (exact) mass is 295 g/mol. The second kappa shape index (κ2) is 5.94. The van der Waals surface area contributed by atoms with E-state index in [-0.39, 0.29) is 5.11 Å². The molecule has 0 bridgehead atoms. The number of nitrogens with one attached hydrogen (secondary N) is 2. The van der Waals surface area contributed by atoms with Crippen LogP contribution in [0.3, 0.4) is 0 Å². The molecule has 1 aromatic carbocycles. The van der Waals surface area contributed by atoms with Crippen LogP contribution in [0.25, 0.3) is 10.2 Å². The average molecular weight is 295 g/mol. The molecule has 0 unspecified atom stereocenters. The predicted molar refractivity (Wildman–Crippen MR) is 80.7 cm³/mol. The van der Waals surface area contributed by atoms with E-state index < -0.39 is 6.09 Å². The summed E-state index contributed by atoms with van der Waals surface area (Å²) >= 11 is 6.65. The molecule has 0 aliphatic rings. The minimum Gasteiger partial charge on any atom is -0.450 e. The number of aryl methyl sites for hydroxylation is 1. The fraction of sp³-hybridized carbons (Fsp3) is 0.250. The molecule has 2 rings (SSSR count). The van der Waals surface area contributed by atoms with Gasteiger partial charge in [0.25, 0.3) is 0 Å². The summed E-state index contributed by atoms with van der Waals surface area (Å²) in [6, 6.07) is 5.74. The first kappa shape index (κ1) is 13.7. The van der Waals surface area contributed by atoms with Gasteiger partial charge in [-0.1, -0.05) is 0 Å². The molecule has 0 atom stereocenters. The number of hydrogen-bond acceptors (Lipinski definition) is 5. The number of carbonyl (C=O) groups is 1. The Bertz CT molecular complexity index is 624. The number of thiazole rings is 1. The van der Waals surface area contributed by atoms with E-state index in [9.17, 15) is 4.79 Å². The lowest BCUT2D eigenvalue weighted by molar-refractivity contribution is 0.158. The van der Waals surface area contributed by atoms with Gasteiger partial charge in [-0.25, -0.2) is 9.78 Å². The molecule has 0 saturated carbocycles. The van der Waals surface area contributed by atoms with Crippen LogP contribution in [0.4, 0.5) is 10.5 Å². The Hall–Kier alpha value is -1.73. The Morgan fingerprint density at radius 3 is 3.05 bits per heavy atom. The minimum absolute atomic E-state index is 0.199. The summed E-state index contributed by atoms with van der Waals surface area (Å²) in [7, 11) is 0. The molecule has 0 aliphatic carbocycles. The summed E-state index contributed by atoms with van der Waals surface area (Å²) in [6.07, 6.45) is -0.564. The molecule has 0 aliphatic heterocycles. The number of thiocarbonyl (C=S) groups is 1. The first-order valence-electron chi connectivity index (χ1n) is 5.70. The Morgan fingerprint density at radius 2 is 2.32 bits per heavy atom. The molecule has 7 heteroatoms. The van der Waals surface area contributed by atoms with Crippen LogP contribution in [0, 0.1) is 6.92 Å². The van der Waals surface area contributed by atoms with Crippen LogP contribution in [-0.2, 0) is 4.74 Å². The first-order valence-corrected chi connectivity index (χ1v) is 6.93. The van der Waals surface area contributed by atoms with Crippen LogP contribution >= 0.6 is 23.6 Å². The summed E-state index contributed by atoms with van der Waals surface area (Å²) in [4.78, 5) is 15.6. The van der Waals surface area contributed by atoms with E-state index in [4.69, 9.17) is 17.0 Å². The number of nitrogens with zero attached hydrogens (tertiary/aromatic N) is 1. The number of amides is 1. The lowest BCUT2D eigenvalue weighted by atomic mass is 10.3. The van der Waals surface area contributed by atoms with E-state index in [1.54, 1.807) is 18.3 Å². The standard InChI is InChI=1S/C12H13N3O2S2/c1-3-17-12(16)15-11(18)14-8-4-5-10-9(6-8)13-7(2)19-10/h4-6H,3H2,1-2H3,(H2,14,15,16,18). The smallest absolute Gasteiger partial charge is 0.413 e. The zero-order valence-corrected chi connectivity index (χ0v) is 12.2. The number of aromatic nitrogens is 1.